The third-order valence-corrected chi connectivity index (χ3v) is 6.44. The number of benzene rings is 2. The number of ether oxygens (including phenoxy) is 1. The molecule has 0 fully saturated rings. The molecule has 1 aromatic heterocycles. The lowest BCUT2D eigenvalue weighted by molar-refractivity contribution is -0.362. The van der Waals surface area contributed by atoms with Crippen LogP contribution in [0.1, 0.15) is 19.4 Å². The van der Waals surface area contributed by atoms with Crippen LogP contribution < -0.4 is 9.83 Å². The van der Waals surface area contributed by atoms with Crippen LogP contribution in [0.5, 0.6) is 0 Å². The van der Waals surface area contributed by atoms with Gasteiger partial charge in [-0.1, -0.05) is 43.7 Å². The molecule has 4 rings (SSSR count). The summed E-state index contributed by atoms with van der Waals surface area (Å²) in [5.74, 6) is -0.387. The molecule has 10 heteroatoms. The number of hydrogen-bond donors (Lipinski definition) is 1. The number of allylic oxidation sites excluding steroid dienone is 5. The Morgan fingerprint density at radius 1 is 1.03 bits per heavy atom. The maximum atomic E-state index is 13.0. The second-order valence-corrected chi connectivity index (χ2v) is 10.2. The summed E-state index contributed by atoms with van der Waals surface area (Å²) in [7, 11) is -3.98. The molecule has 0 saturated heterocycles. The first-order valence-electron chi connectivity index (χ1n) is 10.7. The summed E-state index contributed by atoms with van der Waals surface area (Å²) in [4.78, 5) is 13.5. The van der Waals surface area contributed by atoms with Crippen LogP contribution in [0.4, 0.5) is 11.6 Å². The lowest BCUT2D eigenvalue weighted by Crippen LogP contribution is -2.16. The molecule has 1 heterocycles. The van der Waals surface area contributed by atoms with Crippen LogP contribution in [0.15, 0.2) is 88.2 Å². The summed E-state index contributed by atoms with van der Waals surface area (Å²) in [6, 6.07) is 11.2. The Hall–Kier alpha value is -3.69. The molecule has 35 heavy (non-hydrogen) atoms. The number of nitrogens with zero attached hydrogens (tertiary/aromatic N) is 3. The Labute approximate surface area is 208 Å². The quantitative estimate of drug-likeness (QED) is 0.486. The first kappa shape index (κ1) is 24.4. The number of aromatic nitrogens is 2. The summed E-state index contributed by atoms with van der Waals surface area (Å²) >= 11 is 5.89. The van der Waals surface area contributed by atoms with Crippen molar-refractivity contribution in [1.29, 1.82) is 0 Å². The Kier molecular flexibility index (Phi) is 6.90. The second kappa shape index (κ2) is 9.89. The van der Waals surface area contributed by atoms with Crippen molar-refractivity contribution in [1.82, 2.24) is 9.97 Å². The molecule has 180 valence electrons. The van der Waals surface area contributed by atoms with E-state index in [-0.39, 0.29) is 22.6 Å². The maximum absolute atomic E-state index is 13.0. The van der Waals surface area contributed by atoms with Gasteiger partial charge < -0.3 is 9.84 Å². The minimum Gasteiger partial charge on any atom is -0.610 e. The number of fused-ring (bicyclic) bond motifs is 1. The third-order valence-electron chi connectivity index (χ3n) is 4.84. The summed E-state index contributed by atoms with van der Waals surface area (Å²) < 4.78 is 33.7. The van der Waals surface area contributed by atoms with Crippen molar-refractivity contribution in [3.63, 3.8) is 0 Å². The van der Waals surface area contributed by atoms with Gasteiger partial charge >= 0.3 is 0 Å². The molecule has 8 nitrogen and oxygen atoms in total. The molecule has 0 amide bonds. The van der Waals surface area contributed by atoms with Gasteiger partial charge in [0.1, 0.15) is 0 Å². The van der Waals surface area contributed by atoms with Crippen molar-refractivity contribution in [2.45, 2.75) is 31.8 Å². The molecule has 1 aliphatic carbocycles. The molecular weight excluding hydrogens is 488 g/mol. The van der Waals surface area contributed by atoms with Gasteiger partial charge in [0.25, 0.3) is 10.0 Å². The van der Waals surface area contributed by atoms with Crippen LogP contribution in [0.2, 0.25) is 5.02 Å². The van der Waals surface area contributed by atoms with E-state index in [4.69, 9.17) is 16.3 Å². The molecule has 2 aromatic carbocycles. The average molecular weight is 510 g/mol. The number of sulfonamides is 1. The molecule has 3 aromatic rings. The predicted molar refractivity (Wildman–Crippen MR) is 135 cm³/mol. The number of anilines is 1. The van der Waals surface area contributed by atoms with Gasteiger partial charge in [0.05, 0.1) is 27.6 Å². The summed E-state index contributed by atoms with van der Waals surface area (Å²) in [5, 5.41) is 12.5. The zero-order valence-electron chi connectivity index (χ0n) is 19.2. The minimum absolute atomic E-state index is 0.0201. The molecule has 0 radical (unpaired) electrons. The highest BCUT2D eigenvalue weighted by atomic mass is 35.5. The second-order valence-electron chi connectivity index (χ2n) is 8.06. The van der Waals surface area contributed by atoms with Crippen LogP contribution in [0, 0.1) is 6.92 Å². The molecule has 0 aliphatic heterocycles. The van der Waals surface area contributed by atoms with E-state index < -0.39 is 16.0 Å². The predicted octanol–water partition coefficient (Wildman–Crippen LogP) is 4.59. The number of rotatable bonds is 6. The molecule has 0 bridgehead atoms. The third kappa shape index (κ3) is 5.87. The highest BCUT2D eigenvalue weighted by Gasteiger charge is 2.19. The van der Waals surface area contributed by atoms with Gasteiger partial charge in [-0.05, 0) is 72.7 Å². The number of halogens is 1. The van der Waals surface area contributed by atoms with Gasteiger partial charge in [-0.2, -0.15) is 0 Å². The van der Waals surface area contributed by atoms with E-state index in [1.165, 1.54) is 24.3 Å². The zero-order valence-corrected chi connectivity index (χ0v) is 20.8. The van der Waals surface area contributed by atoms with Gasteiger partial charge in [-0.25, -0.2) is 23.4 Å². The van der Waals surface area contributed by atoms with E-state index in [9.17, 15) is 13.5 Å². The van der Waals surface area contributed by atoms with Crippen LogP contribution in [0.3, 0.4) is 0 Å². The SMILES string of the molecule is Cc1ccc2nc(NS(=O)(=O)c3ccc(Cl)cc3)c(N=C3C=CC(=C([O-])OC(C)C)C=C3)nc2c1. The van der Waals surface area contributed by atoms with E-state index in [1.807, 2.05) is 19.1 Å². The lowest BCUT2D eigenvalue weighted by atomic mass is 10.1. The fourth-order valence-electron chi connectivity index (χ4n) is 3.18. The Morgan fingerprint density at radius 3 is 2.37 bits per heavy atom. The van der Waals surface area contributed by atoms with Crippen LogP contribution >= 0.6 is 11.6 Å². The monoisotopic (exact) mass is 509 g/mol. The van der Waals surface area contributed by atoms with Crippen molar-refractivity contribution in [2.24, 2.45) is 4.99 Å². The molecule has 0 unspecified atom stereocenters. The zero-order chi connectivity index (χ0) is 25.2. The Balaban J connectivity index is 1.75. The highest BCUT2D eigenvalue weighted by molar-refractivity contribution is 7.92. The number of aliphatic imine (C=N–C) groups is 1. The fourth-order valence-corrected chi connectivity index (χ4v) is 4.31. The van der Waals surface area contributed by atoms with E-state index in [0.29, 0.717) is 27.3 Å². The van der Waals surface area contributed by atoms with E-state index in [0.717, 1.165) is 5.56 Å². The molecule has 1 aliphatic rings. The van der Waals surface area contributed by atoms with Gasteiger partial charge in [-0.15, -0.1) is 0 Å². The lowest BCUT2D eigenvalue weighted by Gasteiger charge is -2.22. The normalized spacial score (nSPS) is 13.4. The van der Waals surface area contributed by atoms with Gasteiger partial charge in [0.2, 0.25) is 0 Å². The van der Waals surface area contributed by atoms with Crippen molar-refractivity contribution in [3.05, 3.63) is 88.9 Å². The van der Waals surface area contributed by atoms with Crippen molar-refractivity contribution < 1.29 is 18.3 Å². The topological polar surface area (TPSA) is 117 Å². The van der Waals surface area contributed by atoms with Gasteiger partial charge in [0.15, 0.2) is 11.6 Å². The molecule has 1 N–H and O–H groups in total. The first-order chi connectivity index (χ1) is 16.6. The van der Waals surface area contributed by atoms with Crippen molar-refractivity contribution >= 4 is 50.0 Å². The summed E-state index contributed by atoms with van der Waals surface area (Å²) in [6.07, 6.45) is 6.17. The summed E-state index contributed by atoms with van der Waals surface area (Å²) in [6.45, 7) is 5.46. The van der Waals surface area contributed by atoms with Gasteiger partial charge in [0, 0.05) is 5.02 Å². The minimum atomic E-state index is -3.98. The van der Waals surface area contributed by atoms with Crippen LogP contribution in [-0.4, -0.2) is 30.2 Å². The summed E-state index contributed by atoms with van der Waals surface area (Å²) in [5.41, 5.74) is 2.88. The molecule has 0 saturated carbocycles. The van der Waals surface area contributed by atoms with Gasteiger partial charge in [-0.3, -0.25) is 4.72 Å². The van der Waals surface area contributed by atoms with E-state index in [2.05, 4.69) is 19.7 Å². The number of nitrogens with one attached hydrogen (secondary N) is 1. The largest absolute Gasteiger partial charge is 0.610 e. The van der Waals surface area contributed by atoms with Crippen molar-refractivity contribution in [2.75, 3.05) is 4.72 Å². The maximum Gasteiger partial charge on any atom is 0.263 e. The number of aryl methyl sites for hydroxylation is 1. The molecule has 0 atom stereocenters. The highest BCUT2D eigenvalue weighted by Crippen LogP contribution is 2.28. The molecular formula is C25H22ClN4O4S-. The van der Waals surface area contributed by atoms with E-state index >= 15 is 0 Å². The Bertz CT molecular complexity index is 1490. The average Bonchev–Trinajstić information content (AvgIpc) is 2.80. The van der Waals surface area contributed by atoms with Crippen LogP contribution in [-0.2, 0) is 14.8 Å². The molecule has 0 spiro atoms. The first-order valence-corrected chi connectivity index (χ1v) is 12.6. The van der Waals surface area contributed by atoms with Crippen molar-refractivity contribution in [3.8, 4) is 0 Å². The number of hydrogen-bond acceptors (Lipinski definition) is 7. The fraction of sp³-hybridized carbons (Fsp3) is 0.160. The van der Waals surface area contributed by atoms with E-state index in [1.54, 1.807) is 44.2 Å². The smallest absolute Gasteiger partial charge is 0.263 e. The Morgan fingerprint density at radius 2 is 1.71 bits per heavy atom. The van der Waals surface area contributed by atoms with Crippen LogP contribution in [0.25, 0.3) is 11.0 Å². The standard InChI is InChI=1S/C25H23ClN4O4S/c1-15(2)34-25(31)17-5-9-19(10-6-17)27-23-24(28-21-13-4-16(3)14-22(21)29-23)30-35(32,33)20-11-7-18(26)8-12-20/h4-15,31H,1-3H3,(H,28,30)/p-1.